The molecule has 5 rings (SSSR count). The summed E-state index contributed by atoms with van der Waals surface area (Å²) in [6.07, 6.45) is 4.94. The molecular formula is C26H29FN4O2S2. The molecule has 9 heteroatoms. The van der Waals surface area contributed by atoms with Crippen molar-refractivity contribution in [1.82, 2.24) is 19.4 Å². The van der Waals surface area contributed by atoms with Crippen molar-refractivity contribution in [3.63, 3.8) is 0 Å². The van der Waals surface area contributed by atoms with Gasteiger partial charge in [-0.15, -0.1) is 11.3 Å². The van der Waals surface area contributed by atoms with Crippen LogP contribution in [0.5, 0.6) is 0 Å². The molecule has 184 valence electrons. The van der Waals surface area contributed by atoms with Gasteiger partial charge in [-0.2, -0.15) is 0 Å². The van der Waals surface area contributed by atoms with Gasteiger partial charge in [0.2, 0.25) is 0 Å². The zero-order valence-corrected chi connectivity index (χ0v) is 21.6. The zero-order valence-electron chi connectivity index (χ0n) is 19.9. The van der Waals surface area contributed by atoms with Gasteiger partial charge in [0.05, 0.1) is 22.7 Å². The predicted molar refractivity (Wildman–Crippen MR) is 140 cm³/mol. The van der Waals surface area contributed by atoms with Crippen LogP contribution in [0.25, 0.3) is 28.1 Å². The Labute approximate surface area is 209 Å². The van der Waals surface area contributed by atoms with Gasteiger partial charge in [0.15, 0.2) is 0 Å². The molecule has 1 fully saturated rings. The van der Waals surface area contributed by atoms with Crippen LogP contribution in [0.15, 0.2) is 47.4 Å². The molecule has 0 atom stereocenters. The van der Waals surface area contributed by atoms with Crippen molar-refractivity contribution in [1.29, 1.82) is 0 Å². The summed E-state index contributed by atoms with van der Waals surface area (Å²) in [6, 6.07) is 9.61. The maximum absolute atomic E-state index is 14.4. The van der Waals surface area contributed by atoms with Gasteiger partial charge in [-0.05, 0) is 62.1 Å². The molecule has 6 nitrogen and oxygen atoms in total. The summed E-state index contributed by atoms with van der Waals surface area (Å²) >= 11 is 1.53. The monoisotopic (exact) mass is 512 g/mol. The number of likely N-dealkylation sites (N-methyl/N-ethyl adjacent to an activating group) is 1. The first-order chi connectivity index (χ1) is 16.8. The number of hydrogen-bond acceptors (Lipinski definition) is 6. The zero-order chi connectivity index (χ0) is 24.6. The number of pyridine rings is 1. The number of aromatic nitrogens is 3. The molecule has 4 heterocycles. The quantitative estimate of drug-likeness (QED) is 0.352. The molecule has 1 aliphatic rings. The van der Waals surface area contributed by atoms with E-state index in [0.29, 0.717) is 24.8 Å². The summed E-state index contributed by atoms with van der Waals surface area (Å²) in [5.41, 5.74) is 5.93. The maximum atomic E-state index is 14.4. The van der Waals surface area contributed by atoms with E-state index >= 15 is 0 Å². The SMILES string of the molecule is CCc1ccc(-c2ccc3c(CCN(C)C4CCS(=O)(=O)CC4)cn(-c4cscn4)c3n2)cc1F. The number of rotatable bonds is 7. The number of aryl methyl sites for hydroxylation is 1. The standard InChI is InChI=1S/C26H29FN4O2S2/c1-3-18-4-5-19(14-23(18)27)24-7-6-22-20(15-31(26(22)29-24)25-16-34-17-28-25)8-11-30(2)21-9-12-35(32,33)13-10-21/h4-7,14-17,21H,3,8-13H2,1-2H3. The van der Waals surface area contributed by atoms with Gasteiger partial charge in [-0.1, -0.05) is 19.1 Å². The van der Waals surface area contributed by atoms with E-state index in [2.05, 4.69) is 29.2 Å². The summed E-state index contributed by atoms with van der Waals surface area (Å²) in [5, 5.41) is 3.04. The van der Waals surface area contributed by atoms with Crippen LogP contribution >= 0.6 is 11.3 Å². The van der Waals surface area contributed by atoms with Crippen LogP contribution in [-0.4, -0.2) is 59.0 Å². The van der Waals surface area contributed by atoms with E-state index in [0.717, 1.165) is 46.6 Å². The fraction of sp³-hybridized carbons (Fsp3) is 0.385. The van der Waals surface area contributed by atoms with E-state index in [-0.39, 0.29) is 23.4 Å². The number of sulfone groups is 1. The lowest BCUT2D eigenvalue weighted by Crippen LogP contribution is -2.39. The van der Waals surface area contributed by atoms with Crippen molar-refractivity contribution in [2.24, 2.45) is 0 Å². The van der Waals surface area contributed by atoms with Crippen LogP contribution in [0.1, 0.15) is 30.9 Å². The Kier molecular flexibility index (Phi) is 6.74. The third-order valence-corrected chi connectivity index (χ3v) is 9.30. The Bertz CT molecular complexity index is 1430. The first-order valence-electron chi connectivity index (χ1n) is 11.9. The first kappa shape index (κ1) is 24.1. The largest absolute Gasteiger partial charge is 0.303 e. The lowest BCUT2D eigenvalue weighted by Gasteiger charge is -2.31. The molecule has 0 spiro atoms. The molecule has 0 saturated carbocycles. The smallest absolute Gasteiger partial charge is 0.150 e. The van der Waals surface area contributed by atoms with E-state index in [1.165, 1.54) is 11.3 Å². The molecular weight excluding hydrogens is 483 g/mol. The average Bonchev–Trinajstić information content (AvgIpc) is 3.50. The minimum atomic E-state index is -2.87. The van der Waals surface area contributed by atoms with Crippen molar-refractivity contribution in [2.75, 3.05) is 25.1 Å². The van der Waals surface area contributed by atoms with Crippen LogP contribution in [0, 0.1) is 5.82 Å². The number of benzene rings is 1. The van der Waals surface area contributed by atoms with E-state index in [9.17, 15) is 12.8 Å². The highest BCUT2D eigenvalue weighted by molar-refractivity contribution is 7.91. The number of fused-ring (bicyclic) bond motifs is 1. The van der Waals surface area contributed by atoms with Gasteiger partial charge in [0.1, 0.15) is 27.1 Å². The number of thiazole rings is 1. The molecule has 3 aromatic heterocycles. The molecule has 0 N–H and O–H groups in total. The molecule has 35 heavy (non-hydrogen) atoms. The lowest BCUT2D eigenvalue weighted by molar-refractivity contribution is 0.229. The molecule has 4 aromatic rings. The summed E-state index contributed by atoms with van der Waals surface area (Å²) in [4.78, 5) is 11.7. The average molecular weight is 513 g/mol. The number of hydrogen-bond donors (Lipinski definition) is 0. The van der Waals surface area contributed by atoms with Gasteiger partial charge in [-0.3, -0.25) is 4.57 Å². The molecule has 0 unspecified atom stereocenters. The lowest BCUT2D eigenvalue weighted by atomic mass is 10.0. The van der Waals surface area contributed by atoms with Crippen LogP contribution in [0.4, 0.5) is 4.39 Å². The van der Waals surface area contributed by atoms with Gasteiger partial charge in [0, 0.05) is 35.1 Å². The molecule has 1 aromatic carbocycles. The Hall–Kier alpha value is -2.62. The second kappa shape index (κ2) is 9.79. The summed E-state index contributed by atoms with van der Waals surface area (Å²) < 4.78 is 40.0. The fourth-order valence-corrected chi connectivity index (χ4v) is 6.81. The Morgan fingerprint density at radius 3 is 2.66 bits per heavy atom. The van der Waals surface area contributed by atoms with E-state index in [1.54, 1.807) is 11.6 Å². The minimum absolute atomic E-state index is 0.207. The molecule has 0 radical (unpaired) electrons. The molecule has 0 aliphatic carbocycles. The van der Waals surface area contributed by atoms with Gasteiger partial charge >= 0.3 is 0 Å². The number of halogens is 1. The third-order valence-electron chi connectivity index (χ3n) is 7.01. The highest BCUT2D eigenvalue weighted by atomic mass is 32.2. The number of nitrogens with zero attached hydrogens (tertiary/aromatic N) is 4. The van der Waals surface area contributed by atoms with E-state index in [1.807, 2.05) is 35.1 Å². The minimum Gasteiger partial charge on any atom is -0.303 e. The molecule has 1 aliphatic heterocycles. The summed E-state index contributed by atoms with van der Waals surface area (Å²) in [6.45, 7) is 2.77. The topological polar surface area (TPSA) is 68.1 Å². The Morgan fingerprint density at radius 2 is 1.97 bits per heavy atom. The van der Waals surface area contributed by atoms with Crippen LogP contribution in [0.2, 0.25) is 0 Å². The highest BCUT2D eigenvalue weighted by Gasteiger charge is 2.26. The maximum Gasteiger partial charge on any atom is 0.150 e. The fourth-order valence-electron chi connectivity index (χ4n) is 4.82. The normalized spacial score (nSPS) is 16.3. The van der Waals surface area contributed by atoms with E-state index < -0.39 is 9.84 Å². The first-order valence-corrected chi connectivity index (χ1v) is 14.7. The van der Waals surface area contributed by atoms with Gasteiger partial charge < -0.3 is 4.90 Å². The Balaban J connectivity index is 1.44. The van der Waals surface area contributed by atoms with Crippen molar-refractivity contribution in [3.05, 3.63) is 64.4 Å². The van der Waals surface area contributed by atoms with Crippen molar-refractivity contribution >= 4 is 32.2 Å². The summed E-state index contributed by atoms with van der Waals surface area (Å²) in [7, 11) is -0.792. The van der Waals surface area contributed by atoms with Crippen LogP contribution < -0.4 is 0 Å². The van der Waals surface area contributed by atoms with Crippen molar-refractivity contribution < 1.29 is 12.8 Å². The second-order valence-electron chi connectivity index (χ2n) is 9.21. The van der Waals surface area contributed by atoms with E-state index in [4.69, 9.17) is 4.98 Å². The van der Waals surface area contributed by atoms with Crippen molar-refractivity contribution in [2.45, 2.75) is 38.6 Å². The van der Waals surface area contributed by atoms with Crippen LogP contribution in [-0.2, 0) is 22.7 Å². The van der Waals surface area contributed by atoms with Gasteiger partial charge in [0.25, 0.3) is 0 Å². The summed E-state index contributed by atoms with van der Waals surface area (Å²) in [5.74, 6) is 1.16. The van der Waals surface area contributed by atoms with Crippen molar-refractivity contribution in [3.8, 4) is 17.1 Å². The molecule has 0 bridgehead atoms. The van der Waals surface area contributed by atoms with Crippen LogP contribution in [0.3, 0.4) is 0 Å². The second-order valence-corrected chi connectivity index (χ2v) is 12.2. The highest BCUT2D eigenvalue weighted by Crippen LogP contribution is 2.29. The third kappa shape index (κ3) is 5.03. The van der Waals surface area contributed by atoms with Gasteiger partial charge in [-0.25, -0.2) is 22.8 Å². The predicted octanol–water partition coefficient (Wildman–Crippen LogP) is 4.90. The Morgan fingerprint density at radius 1 is 1.17 bits per heavy atom. The molecule has 1 saturated heterocycles. The molecule has 0 amide bonds.